The number of para-hydroxylation sites is 1. The molecule has 0 saturated heterocycles. The molecule has 88 valence electrons. The Morgan fingerprint density at radius 1 is 1.17 bits per heavy atom. The molecule has 2 aromatic rings. The predicted molar refractivity (Wildman–Crippen MR) is 69.8 cm³/mol. The standard InChI is InChI=1S/C14H11N3O/c1-17-13-7-3-2-6-11(13)12(14(17)18)9-10-5-4-8-15-16-10/h2-9H,1H3/b12-9-. The van der Waals surface area contributed by atoms with Crippen molar-refractivity contribution in [1.82, 2.24) is 10.2 Å². The fraction of sp³-hybridized carbons (Fsp3) is 0.0714. The third kappa shape index (κ3) is 1.59. The highest BCUT2D eigenvalue weighted by molar-refractivity contribution is 6.35. The monoisotopic (exact) mass is 237 g/mol. The molecule has 0 N–H and O–H groups in total. The number of nitrogens with zero attached hydrogens (tertiary/aromatic N) is 3. The fourth-order valence-electron chi connectivity index (χ4n) is 2.08. The summed E-state index contributed by atoms with van der Waals surface area (Å²) in [6, 6.07) is 11.4. The Morgan fingerprint density at radius 3 is 2.78 bits per heavy atom. The number of likely N-dealkylation sites (N-methyl/N-ethyl adjacent to an activating group) is 1. The first-order valence-electron chi connectivity index (χ1n) is 5.64. The molecule has 1 aromatic heterocycles. The number of amides is 1. The molecule has 0 atom stereocenters. The highest BCUT2D eigenvalue weighted by Crippen LogP contribution is 2.36. The van der Waals surface area contributed by atoms with Crippen molar-refractivity contribution in [3.63, 3.8) is 0 Å². The normalized spacial score (nSPS) is 16.2. The lowest BCUT2D eigenvalue weighted by atomic mass is 10.1. The van der Waals surface area contributed by atoms with E-state index in [-0.39, 0.29) is 5.91 Å². The molecule has 18 heavy (non-hydrogen) atoms. The molecule has 0 saturated carbocycles. The van der Waals surface area contributed by atoms with Gasteiger partial charge in [0.05, 0.1) is 17.0 Å². The van der Waals surface area contributed by atoms with Crippen LogP contribution in [0.4, 0.5) is 5.69 Å². The van der Waals surface area contributed by atoms with Gasteiger partial charge in [-0.25, -0.2) is 0 Å². The van der Waals surface area contributed by atoms with E-state index in [1.165, 1.54) is 0 Å². The number of rotatable bonds is 1. The number of aromatic nitrogens is 2. The summed E-state index contributed by atoms with van der Waals surface area (Å²) in [7, 11) is 1.78. The summed E-state index contributed by atoms with van der Waals surface area (Å²) in [5.41, 5.74) is 3.22. The molecular weight excluding hydrogens is 226 g/mol. The van der Waals surface area contributed by atoms with E-state index in [1.807, 2.05) is 30.3 Å². The zero-order valence-corrected chi connectivity index (χ0v) is 9.87. The van der Waals surface area contributed by atoms with E-state index in [9.17, 15) is 4.79 Å². The second-order valence-electron chi connectivity index (χ2n) is 4.09. The summed E-state index contributed by atoms with van der Waals surface area (Å²) < 4.78 is 0. The number of hydrogen-bond acceptors (Lipinski definition) is 3. The van der Waals surface area contributed by atoms with Crippen LogP contribution in [0.5, 0.6) is 0 Å². The molecule has 0 fully saturated rings. The van der Waals surface area contributed by atoms with Crippen molar-refractivity contribution in [3.05, 3.63) is 53.9 Å². The molecule has 1 aliphatic heterocycles. The Kier molecular flexibility index (Phi) is 2.41. The van der Waals surface area contributed by atoms with E-state index in [0.29, 0.717) is 11.3 Å². The maximum atomic E-state index is 12.2. The van der Waals surface area contributed by atoms with Crippen molar-refractivity contribution in [1.29, 1.82) is 0 Å². The summed E-state index contributed by atoms with van der Waals surface area (Å²) in [6.45, 7) is 0. The van der Waals surface area contributed by atoms with Gasteiger partial charge in [0.25, 0.3) is 5.91 Å². The third-order valence-electron chi connectivity index (χ3n) is 2.98. The SMILES string of the molecule is CN1C(=O)/C(=C\c2cccnn2)c2ccccc21. The second kappa shape index (κ2) is 4.07. The molecular formula is C14H11N3O. The van der Waals surface area contributed by atoms with Gasteiger partial charge in [0, 0.05) is 18.8 Å². The van der Waals surface area contributed by atoms with Crippen molar-refractivity contribution < 1.29 is 4.79 Å². The van der Waals surface area contributed by atoms with E-state index in [4.69, 9.17) is 0 Å². The first-order chi connectivity index (χ1) is 8.77. The zero-order chi connectivity index (χ0) is 12.5. The molecule has 1 amide bonds. The first-order valence-corrected chi connectivity index (χ1v) is 5.64. The predicted octanol–water partition coefficient (Wildman–Crippen LogP) is 1.99. The number of benzene rings is 1. The highest BCUT2D eigenvalue weighted by atomic mass is 16.2. The van der Waals surface area contributed by atoms with Gasteiger partial charge in [-0.15, -0.1) is 0 Å². The van der Waals surface area contributed by atoms with Gasteiger partial charge < -0.3 is 4.90 Å². The Hall–Kier alpha value is -2.49. The number of fused-ring (bicyclic) bond motifs is 1. The minimum atomic E-state index is -0.0122. The number of hydrogen-bond donors (Lipinski definition) is 0. The van der Waals surface area contributed by atoms with Crippen LogP contribution in [0.25, 0.3) is 11.6 Å². The molecule has 2 heterocycles. The number of anilines is 1. The maximum Gasteiger partial charge on any atom is 0.258 e. The molecule has 0 unspecified atom stereocenters. The van der Waals surface area contributed by atoms with Gasteiger partial charge in [-0.05, 0) is 24.3 Å². The second-order valence-corrected chi connectivity index (χ2v) is 4.09. The summed E-state index contributed by atoms with van der Waals surface area (Å²) in [6.07, 6.45) is 3.39. The number of carbonyl (C=O) groups excluding carboxylic acids is 1. The minimum Gasteiger partial charge on any atom is -0.311 e. The van der Waals surface area contributed by atoms with E-state index >= 15 is 0 Å². The van der Waals surface area contributed by atoms with Crippen LogP contribution in [0.2, 0.25) is 0 Å². The van der Waals surface area contributed by atoms with Crippen LogP contribution in [0, 0.1) is 0 Å². The Bertz CT molecular complexity index is 634. The molecule has 1 aliphatic rings. The van der Waals surface area contributed by atoms with Crippen LogP contribution in [0.1, 0.15) is 11.3 Å². The average molecular weight is 237 g/mol. The molecule has 4 heteroatoms. The topological polar surface area (TPSA) is 46.1 Å². The van der Waals surface area contributed by atoms with E-state index in [1.54, 1.807) is 30.3 Å². The first kappa shape index (κ1) is 10.7. The van der Waals surface area contributed by atoms with E-state index in [2.05, 4.69) is 10.2 Å². The van der Waals surface area contributed by atoms with Gasteiger partial charge in [0.15, 0.2) is 0 Å². The van der Waals surface area contributed by atoms with Crippen molar-refractivity contribution in [2.45, 2.75) is 0 Å². The van der Waals surface area contributed by atoms with Crippen molar-refractivity contribution in [2.75, 3.05) is 11.9 Å². The Labute approximate surface area is 105 Å². The Morgan fingerprint density at radius 2 is 2.00 bits per heavy atom. The van der Waals surface area contributed by atoms with Crippen LogP contribution < -0.4 is 4.90 Å². The molecule has 0 radical (unpaired) electrons. The highest BCUT2D eigenvalue weighted by Gasteiger charge is 2.28. The largest absolute Gasteiger partial charge is 0.311 e. The molecule has 1 aromatic carbocycles. The van der Waals surface area contributed by atoms with Gasteiger partial charge in [-0.1, -0.05) is 18.2 Å². The lowest BCUT2D eigenvalue weighted by Gasteiger charge is -2.07. The number of carbonyl (C=O) groups is 1. The summed E-state index contributed by atoms with van der Waals surface area (Å²) >= 11 is 0. The van der Waals surface area contributed by atoms with Crippen LogP contribution in [-0.2, 0) is 4.79 Å². The van der Waals surface area contributed by atoms with E-state index < -0.39 is 0 Å². The van der Waals surface area contributed by atoms with Crippen LogP contribution >= 0.6 is 0 Å². The van der Waals surface area contributed by atoms with Crippen molar-refractivity contribution in [3.8, 4) is 0 Å². The lowest BCUT2D eigenvalue weighted by molar-refractivity contribution is -0.112. The quantitative estimate of drug-likeness (QED) is 0.712. The van der Waals surface area contributed by atoms with Crippen molar-refractivity contribution in [2.24, 2.45) is 0 Å². The van der Waals surface area contributed by atoms with Gasteiger partial charge in [0.1, 0.15) is 0 Å². The molecule has 0 aliphatic carbocycles. The van der Waals surface area contributed by atoms with Gasteiger partial charge in [-0.3, -0.25) is 4.79 Å². The third-order valence-corrected chi connectivity index (χ3v) is 2.98. The van der Waals surface area contributed by atoms with Crippen molar-refractivity contribution >= 4 is 23.2 Å². The molecule has 0 bridgehead atoms. The fourth-order valence-corrected chi connectivity index (χ4v) is 2.08. The Balaban J connectivity index is 2.14. The molecule has 0 spiro atoms. The average Bonchev–Trinajstić information content (AvgIpc) is 2.66. The smallest absolute Gasteiger partial charge is 0.258 e. The summed E-state index contributed by atoms with van der Waals surface area (Å²) in [5.74, 6) is -0.0122. The summed E-state index contributed by atoms with van der Waals surface area (Å²) in [4.78, 5) is 13.8. The minimum absolute atomic E-state index is 0.0122. The van der Waals surface area contributed by atoms with Gasteiger partial charge >= 0.3 is 0 Å². The summed E-state index contributed by atoms with van der Waals surface area (Å²) in [5, 5.41) is 7.78. The maximum absolute atomic E-state index is 12.2. The van der Waals surface area contributed by atoms with Crippen LogP contribution in [0.15, 0.2) is 42.6 Å². The van der Waals surface area contributed by atoms with Crippen LogP contribution in [-0.4, -0.2) is 23.2 Å². The molecule has 3 rings (SSSR count). The van der Waals surface area contributed by atoms with E-state index in [0.717, 1.165) is 11.3 Å². The van der Waals surface area contributed by atoms with Gasteiger partial charge in [0.2, 0.25) is 0 Å². The van der Waals surface area contributed by atoms with Gasteiger partial charge in [-0.2, -0.15) is 10.2 Å². The van der Waals surface area contributed by atoms with Crippen LogP contribution in [0.3, 0.4) is 0 Å². The zero-order valence-electron chi connectivity index (χ0n) is 9.87. The lowest BCUT2D eigenvalue weighted by Crippen LogP contribution is -2.20. The molecule has 4 nitrogen and oxygen atoms in total.